The van der Waals surface area contributed by atoms with Crippen molar-refractivity contribution in [1.29, 1.82) is 0 Å². The molecule has 0 radical (unpaired) electrons. The third kappa shape index (κ3) is 2.76. The molecule has 90 valence electrons. The second-order valence-corrected chi connectivity index (χ2v) is 6.70. The Morgan fingerprint density at radius 1 is 0.938 bits per heavy atom. The molecular weight excluding hydrogens is 223 g/mol. The first-order valence-electron chi connectivity index (χ1n) is 5.53. The summed E-state index contributed by atoms with van der Waals surface area (Å²) in [6, 6.07) is 3.56. The number of hydrogen-bond donors (Lipinski definition) is 0. The molecule has 0 N–H and O–H groups in total. The number of rotatable bonds is 0. The number of halogens is 2. The first-order valence-corrected chi connectivity index (χ1v) is 5.91. The molecule has 0 fully saturated rings. The molecule has 0 aliphatic rings. The van der Waals surface area contributed by atoms with Gasteiger partial charge in [-0.3, -0.25) is 0 Å². The zero-order valence-electron chi connectivity index (χ0n) is 10.9. The molecule has 1 aromatic carbocycles. The quantitative estimate of drug-likeness (QED) is 0.596. The lowest BCUT2D eigenvalue weighted by molar-refractivity contribution is 0.547. The van der Waals surface area contributed by atoms with Crippen molar-refractivity contribution in [2.24, 2.45) is 0 Å². The lowest BCUT2D eigenvalue weighted by Gasteiger charge is -2.26. The fraction of sp³-hybridized carbons (Fsp3) is 0.571. The van der Waals surface area contributed by atoms with Gasteiger partial charge < -0.3 is 0 Å². The molecule has 0 unspecified atom stereocenters. The molecule has 16 heavy (non-hydrogen) atoms. The zero-order chi connectivity index (χ0) is 12.7. The van der Waals surface area contributed by atoms with Crippen molar-refractivity contribution in [3.8, 4) is 0 Å². The summed E-state index contributed by atoms with van der Waals surface area (Å²) in [6.45, 7) is 12.3. The highest BCUT2D eigenvalue weighted by molar-refractivity contribution is 6.31. The van der Waals surface area contributed by atoms with Gasteiger partial charge in [0.05, 0.1) is 5.02 Å². The normalized spacial score (nSPS) is 13.0. The first kappa shape index (κ1) is 13.5. The van der Waals surface area contributed by atoms with Crippen LogP contribution in [0.2, 0.25) is 5.02 Å². The van der Waals surface area contributed by atoms with Gasteiger partial charge in [0.25, 0.3) is 0 Å². The van der Waals surface area contributed by atoms with E-state index in [1.807, 2.05) is 26.8 Å². The lowest BCUT2D eigenvalue weighted by Crippen LogP contribution is -2.17. The highest BCUT2D eigenvalue weighted by Gasteiger charge is 2.24. The van der Waals surface area contributed by atoms with Gasteiger partial charge in [0.2, 0.25) is 0 Å². The van der Waals surface area contributed by atoms with E-state index in [-0.39, 0.29) is 21.7 Å². The van der Waals surface area contributed by atoms with Crippen molar-refractivity contribution >= 4 is 11.6 Å². The van der Waals surface area contributed by atoms with Gasteiger partial charge in [0.15, 0.2) is 0 Å². The van der Waals surface area contributed by atoms with E-state index in [1.54, 1.807) is 0 Å². The smallest absolute Gasteiger partial charge is 0.142 e. The average molecular weight is 243 g/mol. The predicted octanol–water partition coefficient (Wildman–Crippen LogP) is 5.07. The Kier molecular flexibility index (Phi) is 3.40. The molecule has 1 rings (SSSR count). The topological polar surface area (TPSA) is 0 Å². The van der Waals surface area contributed by atoms with E-state index in [0.717, 1.165) is 11.1 Å². The summed E-state index contributed by atoms with van der Waals surface area (Å²) in [5.41, 5.74) is 1.66. The van der Waals surface area contributed by atoms with Crippen LogP contribution in [0.1, 0.15) is 52.7 Å². The molecular formula is C14H20ClF. The van der Waals surface area contributed by atoms with Crippen molar-refractivity contribution < 1.29 is 4.39 Å². The SMILES string of the molecule is CC(C)(C)c1cc(F)c(Cl)c(C(C)(C)C)c1. The molecule has 0 nitrogen and oxygen atoms in total. The molecule has 0 heterocycles. The third-order valence-corrected chi connectivity index (χ3v) is 3.09. The zero-order valence-corrected chi connectivity index (χ0v) is 11.7. The van der Waals surface area contributed by atoms with Crippen LogP contribution in [-0.4, -0.2) is 0 Å². The van der Waals surface area contributed by atoms with Crippen molar-refractivity contribution in [3.05, 3.63) is 34.1 Å². The molecule has 0 atom stereocenters. The van der Waals surface area contributed by atoms with Gasteiger partial charge in [0.1, 0.15) is 5.82 Å². The molecule has 0 aliphatic carbocycles. The van der Waals surface area contributed by atoms with E-state index in [2.05, 4.69) is 20.8 Å². The summed E-state index contributed by atoms with van der Waals surface area (Å²) in [5.74, 6) is -0.320. The van der Waals surface area contributed by atoms with Gasteiger partial charge in [-0.15, -0.1) is 0 Å². The summed E-state index contributed by atoms with van der Waals surface area (Å²) < 4.78 is 13.8. The van der Waals surface area contributed by atoms with Crippen molar-refractivity contribution in [3.63, 3.8) is 0 Å². The fourth-order valence-corrected chi connectivity index (χ4v) is 1.96. The summed E-state index contributed by atoms with van der Waals surface area (Å²) in [6.07, 6.45) is 0. The maximum absolute atomic E-state index is 13.8. The molecule has 0 aromatic heterocycles. The Labute approximate surface area is 103 Å². The van der Waals surface area contributed by atoms with Crippen LogP contribution in [0.15, 0.2) is 12.1 Å². The lowest BCUT2D eigenvalue weighted by atomic mass is 9.80. The van der Waals surface area contributed by atoms with Crippen LogP contribution in [0.3, 0.4) is 0 Å². The molecule has 0 bridgehead atoms. The van der Waals surface area contributed by atoms with E-state index in [4.69, 9.17) is 11.6 Å². The average Bonchev–Trinajstić information content (AvgIpc) is 2.05. The van der Waals surface area contributed by atoms with Gasteiger partial charge in [-0.1, -0.05) is 59.2 Å². The fourth-order valence-electron chi connectivity index (χ4n) is 1.57. The number of benzene rings is 1. The van der Waals surface area contributed by atoms with Crippen LogP contribution in [0.4, 0.5) is 4.39 Å². The van der Waals surface area contributed by atoms with Crippen LogP contribution in [0.5, 0.6) is 0 Å². The first-order chi connectivity index (χ1) is 7.03. The van der Waals surface area contributed by atoms with Gasteiger partial charge in [-0.2, -0.15) is 0 Å². The summed E-state index contributed by atoms with van der Waals surface area (Å²) in [4.78, 5) is 0. The van der Waals surface area contributed by atoms with Crippen LogP contribution in [0, 0.1) is 5.82 Å². The molecule has 0 aliphatic heterocycles. The monoisotopic (exact) mass is 242 g/mol. The minimum Gasteiger partial charge on any atom is -0.205 e. The van der Waals surface area contributed by atoms with E-state index in [0.29, 0.717) is 0 Å². The third-order valence-electron chi connectivity index (χ3n) is 2.70. The van der Waals surface area contributed by atoms with Gasteiger partial charge in [-0.25, -0.2) is 4.39 Å². The van der Waals surface area contributed by atoms with E-state index in [9.17, 15) is 4.39 Å². The van der Waals surface area contributed by atoms with Crippen molar-refractivity contribution in [2.75, 3.05) is 0 Å². The standard InChI is InChI=1S/C14H20ClF/c1-13(2,3)9-7-10(14(4,5)6)12(15)11(16)8-9/h7-8H,1-6H3. The highest BCUT2D eigenvalue weighted by atomic mass is 35.5. The Hall–Kier alpha value is -0.560. The molecule has 0 spiro atoms. The van der Waals surface area contributed by atoms with Gasteiger partial charge in [0, 0.05) is 0 Å². The second-order valence-electron chi connectivity index (χ2n) is 6.32. The summed E-state index contributed by atoms with van der Waals surface area (Å²) in [5, 5.41) is 0.250. The summed E-state index contributed by atoms with van der Waals surface area (Å²) in [7, 11) is 0. The minimum absolute atomic E-state index is 0.0641. The van der Waals surface area contributed by atoms with Gasteiger partial charge in [-0.05, 0) is 28.0 Å². The van der Waals surface area contributed by atoms with E-state index < -0.39 is 0 Å². The molecule has 2 heteroatoms. The minimum atomic E-state index is -0.320. The second kappa shape index (κ2) is 4.03. The van der Waals surface area contributed by atoms with Crippen LogP contribution in [-0.2, 0) is 10.8 Å². The molecule has 0 saturated carbocycles. The van der Waals surface area contributed by atoms with Crippen LogP contribution >= 0.6 is 11.6 Å². The Morgan fingerprint density at radius 3 is 1.81 bits per heavy atom. The molecule has 0 amide bonds. The maximum Gasteiger partial charge on any atom is 0.142 e. The molecule has 0 saturated heterocycles. The van der Waals surface area contributed by atoms with Gasteiger partial charge >= 0.3 is 0 Å². The predicted molar refractivity (Wildman–Crippen MR) is 68.8 cm³/mol. The largest absolute Gasteiger partial charge is 0.205 e. The Balaban J connectivity index is 3.46. The van der Waals surface area contributed by atoms with Crippen LogP contribution < -0.4 is 0 Å². The number of hydrogen-bond acceptors (Lipinski definition) is 0. The van der Waals surface area contributed by atoms with E-state index >= 15 is 0 Å². The Bertz CT molecular complexity index is 394. The summed E-state index contributed by atoms with van der Waals surface area (Å²) >= 11 is 6.02. The van der Waals surface area contributed by atoms with E-state index in [1.165, 1.54) is 6.07 Å². The Morgan fingerprint density at radius 2 is 1.44 bits per heavy atom. The highest BCUT2D eigenvalue weighted by Crippen LogP contribution is 2.35. The van der Waals surface area contributed by atoms with Crippen molar-refractivity contribution in [1.82, 2.24) is 0 Å². The van der Waals surface area contributed by atoms with Crippen LogP contribution in [0.25, 0.3) is 0 Å². The van der Waals surface area contributed by atoms with Crippen molar-refractivity contribution in [2.45, 2.75) is 52.4 Å². The molecule has 1 aromatic rings. The maximum atomic E-state index is 13.8.